The third-order valence-corrected chi connectivity index (χ3v) is 4.35. The van der Waals surface area contributed by atoms with E-state index in [0.29, 0.717) is 12.0 Å². The molecule has 0 fully saturated rings. The van der Waals surface area contributed by atoms with E-state index in [1.807, 2.05) is 0 Å². The van der Waals surface area contributed by atoms with Crippen LogP contribution < -0.4 is 5.32 Å². The Labute approximate surface area is 115 Å². The predicted molar refractivity (Wildman–Crippen MR) is 78.2 cm³/mol. The molecule has 0 spiro atoms. The second-order valence-electron chi connectivity index (χ2n) is 5.73. The molecule has 0 aliphatic heterocycles. The molecule has 0 aliphatic rings. The Morgan fingerprint density at radius 1 is 1.28 bits per heavy atom. The van der Waals surface area contributed by atoms with Crippen LogP contribution in [0.15, 0.2) is 0 Å². The minimum Gasteiger partial charge on any atom is -0.372 e. The van der Waals surface area contributed by atoms with Crippen molar-refractivity contribution in [3.63, 3.8) is 0 Å². The van der Waals surface area contributed by atoms with E-state index in [4.69, 9.17) is 9.72 Å². The number of thiazole rings is 1. The highest BCUT2D eigenvalue weighted by molar-refractivity contribution is 7.11. The zero-order chi connectivity index (χ0) is 13.9. The van der Waals surface area contributed by atoms with E-state index in [2.05, 4.69) is 46.9 Å². The lowest BCUT2D eigenvalue weighted by Gasteiger charge is -2.19. The van der Waals surface area contributed by atoms with E-state index in [1.165, 1.54) is 10.6 Å². The molecule has 4 heteroatoms. The number of aromatic nitrogens is 1. The van der Waals surface area contributed by atoms with Crippen LogP contribution in [0, 0.1) is 0 Å². The highest BCUT2D eigenvalue weighted by Crippen LogP contribution is 2.33. The van der Waals surface area contributed by atoms with Gasteiger partial charge in [-0.15, -0.1) is 11.3 Å². The second-order valence-corrected chi connectivity index (χ2v) is 6.82. The van der Waals surface area contributed by atoms with Crippen molar-refractivity contribution >= 4 is 11.3 Å². The molecule has 0 saturated carbocycles. The summed E-state index contributed by atoms with van der Waals surface area (Å²) in [6.45, 7) is 13.7. The van der Waals surface area contributed by atoms with Gasteiger partial charge in [0.1, 0.15) is 10.6 Å². The minimum absolute atomic E-state index is 0.301. The molecule has 0 saturated heterocycles. The van der Waals surface area contributed by atoms with E-state index in [-0.39, 0.29) is 5.60 Å². The molecular formula is C14H26N2OS. The molecule has 0 radical (unpaired) electrons. The number of nitrogens with zero attached hydrogens (tertiary/aromatic N) is 1. The van der Waals surface area contributed by atoms with Crippen LogP contribution in [-0.4, -0.2) is 18.1 Å². The Balaban J connectivity index is 3.01. The lowest BCUT2D eigenvalue weighted by Crippen LogP contribution is -2.22. The van der Waals surface area contributed by atoms with Crippen molar-refractivity contribution in [1.29, 1.82) is 0 Å². The molecular weight excluding hydrogens is 244 g/mol. The maximum atomic E-state index is 5.52. The van der Waals surface area contributed by atoms with Gasteiger partial charge < -0.3 is 10.1 Å². The van der Waals surface area contributed by atoms with E-state index in [0.717, 1.165) is 11.6 Å². The third kappa shape index (κ3) is 3.77. The number of methoxy groups -OCH3 is 1. The van der Waals surface area contributed by atoms with Crippen molar-refractivity contribution in [2.24, 2.45) is 0 Å². The van der Waals surface area contributed by atoms with Gasteiger partial charge in [0, 0.05) is 24.6 Å². The molecule has 1 aromatic heterocycles. The second kappa shape index (κ2) is 6.13. The van der Waals surface area contributed by atoms with Gasteiger partial charge in [-0.25, -0.2) is 4.98 Å². The van der Waals surface area contributed by atoms with Crippen LogP contribution in [0.2, 0.25) is 0 Å². The van der Waals surface area contributed by atoms with Gasteiger partial charge in [0.25, 0.3) is 0 Å². The molecule has 3 nitrogen and oxygen atoms in total. The predicted octanol–water partition coefficient (Wildman–Crippen LogP) is 3.65. The van der Waals surface area contributed by atoms with E-state index in [9.17, 15) is 0 Å². The zero-order valence-corrected chi connectivity index (χ0v) is 13.4. The Hall–Kier alpha value is -0.450. The fraction of sp³-hybridized carbons (Fsp3) is 0.786. The van der Waals surface area contributed by atoms with E-state index < -0.39 is 0 Å². The van der Waals surface area contributed by atoms with Crippen molar-refractivity contribution in [3.05, 3.63) is 15.6 Å². The summed E-state index contributed by atoms with van der Waals surface area (Å²) < 4.78 is 5.52. The first-order chi connectivity index (χ1) is 8.27. The van der Waals surface area contributed by atoms with Crippen molar-refractivity contribution in [3.8, 4) is 0 Å². The van der Waals surface area contributed by atoms with Gasteiger partial charge in [-0.1, -0.05) is 27.7 Å². The summed E-state index contributed by atoms with van der Waals surface area (Å²) >= 11 is 1.76. The van der Waals surface area contributed by atoms with Crippen molar-refractivity contribution in [1.82, 2.24) is 10.3 Å². The van der Waals surface area contributed by atoms with Gasteiger partial charge in [-0.3, -0.25) is 0 Å². The normalized spacial score (nSPS) is 12.7. The molecule has 104 valence electrons. The van der Waals surface area contributed by atoms with Crippen LogP contribution in [0.5, 0.6) is 0 Å². The van der Waals surface area contributed by atoms with Crippen molar-refractivity contribution < 1.29 is 4.74 Å². The van der Waals surface area contributed by atoms with Gasteiger partial charge >= 0.3 is 0 Å². The highest BCUT2D eigenvalue weighted by Gasteiger charge is 2.26. The maximum absolute atomic E-state index is 5.52. The molecule has 0 unspecified atom stereocenters. The first-order valence-corrected chi connectivity index (χ1v) is 7.38. The first kappa shape index (κ1) is 15.6. The minimum atomic E-state index is -0.301. The molecule has 1 rings (SSSR count). The summed E-state index contributed by atoms with van der Waals surface area (Å²) in [7, 11) is 1.74. The fourth-order valence-electron chi connectivity index (χ4n) is 1.58. The quantitative estimate of drug-likeness (QED) is 0.857. The van der Waals surface area contributed by atoms with Crippen LogP contribution in [0.25, 0.3) is 0 Å². The number of rotatable bonds is 6. The lowest BCUT2D eigenvalue weighted by molar-refractivity contribution is 0.0189. The molecule has 0 amide bonds. The Morgan fingerprint density at radius 2 is 1.89 bits per heavy atom. The number of hydrogen-bond acceptors (Lipinski definition) is 4. The summed E-state index contributed by atoms with van der Waals surface area (Å²) in [4.78, 5) is 6.12. The number of hydrogen-bond donors (Lipinski definition) is 1. The molecule has 1 heterocycles. The number of nitrogens with one attached hydrogen (secondary N) is 1. The van der Waals surface area contributed by atoms with Gasteiger partial charge in [0.05, 0.1) is 5.69 Å². The molecule has 0 atom stereocenters. The number of ether oxygens (including phenoxy) is 1. The first-order valence-electron chi connectivity index (χ1n) is 6.56. The van der Waals surface area contributed by atoms with Gasteiger partial charge in [-0.2, -0.15) is 0 Å². The van der Waals surface area contributed by atoms with Crippen molar-refractivity contribution in [2.45, 2.75) is 65.6 Å². The summed E-state index contributed by atoms with van der Waals surface area (Å²) in [6.07, 6.45) is 0. The van der Waals surface area contributed by atoms with Crippen molar-refractivity contribution in [2.75, 3.05) is 7.11 Å². The standard InChI is InChI=1S/C14H26N2OS/c1-9(2)12-11(8-15-10(3)4)18-13(16-12)14(5,6)17-7/h9-10,15H,8H2,1-7H3. The smallest absolute Gasteiger partial charge is 0.125 e. The van der Waals surface area contributed by atoms with E-state index in [1.54, 1.807) is 18.4 Å². The van der Waals surface area contributed by atoms with E-state index >= 15 is 0 Å². The SMILES string of the molecule is COC(C)(C)c1nc(C(C)C)c(CNC(C)C)s1. The Morgan fingerprint density at radius 3 is 2.33 bits per heavy atom. The Kier molecular flexibility index (Phi) is 5.32. The molecule has 18 heavy (non-hydrogen) atoms. The lowest BCUT2D eigenvalue weighted by atomic mass is 10.1. The summed E-state index contributed by atoms with van der Waals surface area (Å²) in [5.74, 6) is 0.451. The van der Waals surface area contributed by atoms with Gasteiger partial charge in [0.2, 0.25) is 0 Å². The maximum Gasteiger partial charge on any atom is 0.125 e. The molecule has 1 N–H and O–H groups in total. The monoisotopic (exact) mass is 270 g/mol. The highest BCUT2D eigenvalue weighted by atomic mass is 32.1. The third-order valence-electron chi connectivity index (χ3n) is 2.97. The van der Waals surface area contributed by atoms with Crippen LogP contribution >= 0.6 is 11.3 Å². The zero-order valence-electron chi connectivity index (χ0n) is 12.6. The summed E-state index contributed by atoms with van der Waals surface area (Å²) in [5.41, 5.74) is 0.901. The summed E-state index contributed by atoms with van der Waals surface area (Å²) in [6, 6.07) is 0.492. The fourth-order valence-corrected chi connectivity index (χ4v) is 2.83. The van der Waals surface area contributed by atoms with Crippen LogP contribution in [-0.2, 0) is 16.9 Å². The molecule has 0 aromatic carbocycles. The largest absolute Gasteiger partial charge is 0.372 e. The van der Waals surface area contributed by atoms with Gasteiger partial charge in [-0.05, 0) is 19.8 Å². The molecule has 1 aromatic rings. The van der Waals surface area contributed by atoms with Crippen LogP contribution in [0.1, 0.15) is 63.0 Å². The van der Waals surface area contributed by atoms with Crippen LogP contribution in [0.3, 0.4) is 0 Å². The van der Waals surface area contributed by atoms with Crippen LogP contribution in [0.4, 0.5) is 0 Å². The molecule has 0 bridgehead atoms. The average Bonchev–Trinajstić information content (AvgIpc) is 2.71. The molecule has 0 aliphatic carbocycles. The summed E-state index contributed by atoms with van der Waals surface area (Å²) in [5, 5.41) is 4.53. The average molecular weight is 270 g/mol. The topological polar surface area (TPSA) is 34.1 Å². The Bertz CT molecular complexity index is 383. The van der Waals surface area contributed by atoms with Gasteiger partial charge in [0.15, 0.2) is 0 Å².